The summed E-state index contributed by atoms with van der Waals surface area (Å²) in [7, 11) is 0. The summed E-state index contributed by atoms with van der Waals surface area (Å²) in [4.78, 5) is 26.9. The van der Waals surface area contributed by atoms with Crippen LogP contribution in [0.15, 0.2) is 11.6 Å². The number of aliphatic carboxylic acids is 1. The number of carboxylic acids is 1. The first-order chi connectivity index (χ1) is 30.3. The number of esters is 1. The van der Waals surface area contributed by atoms with Gasteiger partial charge in [-0.1, -0.05) is 60.1 Å². The molecule has 3 heterocycles. The SMILES string of the molecule is CC1(C)CC[C@@]2(C(=O)O[C@H]3O[C@@H](CO)[C@H](O)[C@@H](O)[C@@H]3O)CC[C@@]3(C)C(=CC[C@H]4[C@]5(C)CC[C@@H](O[C@H]6O[C@@H](C(=O)O)[C@H](O)[C@@H](O)[C@@H]6O[C@H]6OC[C@H](O)[C@@H](O)[C@@H]6O)C(C)(C)[C@H]5CC[C@@]43C)[C@H]2C1. The van der Waals surface area contributed by atoms with Crippen LogP contribution in [0, 0.1) is 50.2 Å². The van der Waals surface area contributed by atoms with Crippen LogP contribution in [0.25, 0.3) is 0 Å². The Hall–Kier alpha value is -1.88. The zero-order valence-electron chi connectivity index (χ0n) is 38.7. The third-order valence-electron chi connectivity index (χ3n) is 18.9. The second-order valence-electron chi connectivity index (χ2n) is 23.1. The third kappa shape index (κ3) is 7.76. The monoisotopic (exact) mass is 926 g/mol. The maximum atomic E-state index is 14.7. The van der Waals surface area contributed by atoms with E-state index in [1.54, 1.807) is 0 Å². The summed E-state index contributed by atoms with van der Waals surface area (Å²) in [5.41, 5.74) is -0.900. The minimum Gasteiger partial charge on any atom is -0.479 e. The molecular formula is C47H74O18. The molecule has 8 aliphatic rings. The third-order valence-corrected chi connectivity index (χ3v) is 18.9. The van der Waals surface area contributed by atoms with Crippen molar-refractivity contribution >= 4 is 11.9 Å². The van der Waals surface area contributed by atoms with Crippen molar-refractivity contribution in [3.05, 3.63) is 11.6 Å². The van der Waals surface area contributed by atoms with Gasteiger partial charge in [0.15, 0.2) is 18.7 Å². The largest absolute Gasteiger partial charge is 0.479 e. The van der Waals surface area contributed by atoms with E-state index in [-0.39, 0.29) is 46.0 Å². The number of hydrogen-bond acceptors (Lipinski definition) is 17. The molecule has 0 spiro atoms. The molecule has 18 nitrogen and oxygen atoms in total. The molecule has 0 unspecified atom stereocenters. The van der Waals surface area contributed by atoms with E-state index in [0.717, 1.165) is 44.9 Å². The Labute approximate surface area is 380 Å². The highest BCUT2D eigenvalue weighted by Crippen LogP contribution is 2.76. The Morgan fingerprint density at radius 2 is 1.38 bits per heavy atom. The molecule has 5 aliphatic carbocycles. The summed E-state index contributed by atoms with van der Waals surface area (Å²) < 4.78 is 35.5. The second kappa shape index (κ2) is 17.2. The summed E-state index contributed by atoms with van der Waals surface area (Å²) in [6.07, 6.45) is -13.7. The molecule has 22 atom stereocenters. The van der Waals surface area contributed by atoms with Crippen molar-refractivity contribution in [2.75, 3.05) is 13.2 Å². The van der Waals surface area contributed by atoms with Gasteiger partial charge in [-0.3, -0.25) is 4.79 Å². The Bertz CT molecular complexity index is 1820. The maximum absolute atomic E-state index is 14.7. The van der Waals surface area contributed by atoms with Crippen molar-refractivity contribution < 1.29 is 89.1 Å². The fourth-order valence-electron chi connectivity index (χ4n) is 14.7. The highest BCUT2D eigenvalue weighted by molar-refractivity contribution is 5.79. The summed E-state index contributed by atoms with van der Waals surface area (Å²) in [6.45, 7) is 14.9. The number of ether oxygens (including phenoxy) is 6. The average molecular weight is 927 g/mol. The maximum Gasteiger partial charge on any atom is 0.335 e. The number of allylic oxidation sites excluding steroid dienone is 2. The van der Waals surface area contributed by atoms with Gasteiger partial charge >= 0.3 is 11.9 Å². The van der Waals surface area contributed by atoms with Gasteiger partial charge in [-0.15, -0.1) is 0 Å². The van der Waals surface area contributed by atoms with Crippen molar-refractivity contribution in [3.63, 3.8) is 0 Å². The predicted molar refractivity (Wildman–Crippen MR) is 225 cm³/mol. The molecule has 18 heteroatoms. The average Bonchev–Trinajstić information content (AvgIpc) is 3.24. The number of fused-ring (bicyclic) bond motifs is 7. The van der Waals surface area contributed by atoms with Crippen LogP contribution >= 0.6 is 0 Å². The molecule has 0 bridgehead atoms. The zero-order valence-corrected chi connectivity index (χ0v) is 38.7. The zero-order chi connectivity index (χ0) is 47.6. The molecule has 0 aromatic heterocycles. The number of hydrogen-bond donors (Lipinski definition) is 10. The van der Waals surface area contributed by atoms with Crippen molar-refractivity contribution in [1.29, 1.82) is 0 Å². The summed E-state index contributed by atoms with van der Waals surface area (Å²) in [5.74, 6) is -1.83. The first-order valence-electron chi connectivity index (χ1n) is 23.7. The van der Waals surface area contributed by atoms with E-state index >= 15 is 0 Å². The molecular weight excluding hydrogens is 852 g/mol. The van der Waals surface area contributed by atoms with Crippen molar-refractivity contribution in [2.45, 2.75) is 205 Å². The lowest BCUT2D eigenvalue weighted by molar-refractivity contribution is -0.366. The standard InChI is InChI=1S/C47H74O18/c1-42(2)14-16-47(41(59)65-39-34(56)30(52)29(51)24(19-48)61-39)17-15-45(6)21(22(47)18-42)8-9-26-44(5)12-11-27(43(3,4)25(44)10-13-46(26,45)7)62-40-36(32(54)31(53)35(63-40)37(57)58)64-38-33(55)28(50)23(49)20-60-38/h8,22-36,38-40,48-56H,9-20H2,1-7H3,(H,57,58)/t22-,23+,24+,25-,26+,27-,28-,29+,30-,31-,32-,33+,34+,35-,36+,38-,39-,40+,44-,45+,46+,47-/m1/s1. The van der Waals surface area contributed by atoms with Gasteiger partial charge in [0.05, 0.1) is 24.7 Å². The van der Waals surface area contributed by atoms with Crippen LogP contribution in [-0.2, 0) is 38.0 Å². The lowest BCUT2D eigenvalue weighted by atomic mass is 9.33. The van der Waals surface area contributed by atoms with E-state index in [1.807, 2.05) is 0 Å². The van der Waals surface area contributed by atoms with E-state index in [9.17, 15) is 60.7 Å². The fourth-order valence-corrected chi connectivity index (χ4v) is 14.7. The second-order valence-corrected chi connectivity index (χ2v) is 23.1. The Morgan fingerprint density at radius 1 is 0.708 bits per heavy atom. The summed E-state index contributed by atoms with van der Waals surface area (Å²) in [6, 6.07) is 0. The Balaban J connectivity index is 1.05. The van der Waals surface area contributed by atoms with E-state index in [2.05, 4.69) is 54.5 Å². The highest BCUT2D eigenvalue weighted by atomic mass is 16.8. The number of rotatable bonds is 8. The predicted octanol–water partition coefficient (Wildman–Crippen LogP) is 0.872. The van der Waals surface area contributed by atoms with Gasteiger partial charge in [-0.05, 0) is 109 Å². The van der Waals surface area contributed by atoms with Crippen LogP contribution in [0.5, 0.6) is 0 Å². The number of aliphatic hydroxyl groups is 9. The minimum absolute atomic E-state index is 0.0713. The van der Waals surface area contributed by atoms with E-state index < -0.39 is 121 Å². The molecule has 3 aliphatic heterocycles. The first-order valence-corrected chi connectivity index (χ1v) is 23.7. The van der Waals surface area contributed by atoms with Gasteiger partial charge in [0.25, 0.3) is 0 Å². The quantitative estimate of drug-likeness (QED) is 0.0918. The van der Waals surface area contributed by atoms with Gasteiger partial charge in [-0.25, -0.2) is 4.79 Å². The van der Waals surface area contributed by atoms with Crippen LogP contribution in [0.1, 0.15) is 113 Å². The number of carbonyl (C=O) groups excluding carboxylic acids is 1. The van der Waals surface area contributed by atoms with Crippen LogP contribution in [0.2, 0.25) is 0 Å². The van der Waals surface area contributed by atoms with Crippen molar-refractivity contribution in [3.8, 4) is 0 Å². The van der Waals surface area contributed by atoms with Crippen LogP contribution in [-0.4, -0.2) is 168 Å². The first kappa shape index (κ1) is 49.5. The smallest absolute Gasteiger partial charge is 0.335 e. The molecule has 0 aromatic carbocycles. The fraction of sp³-hybridized carbons (Fsp3) is 0.915. The Morgan fingerprint density at radius 3 is 2.06 bits per heavy atom. The number of carboxylic acid groups (broad SMARTS) is 1. The molecule has 4 saturated carbocycles. The van der Waals surface area contributed by atoms with Crippen molar-refractivity contribution in [2.24, 2.45) is 50.2 Å². The molecule has 65 heavy (non-hydrogen) atoms. The van der Waals surface area contributed by atoms with E-state index in [4.69, 9.17) is 28.4 Å². The topological polar surface area (TPSA) is 292 Å². The lowest BCUT2D eigenvalue weighted by Crippen LogP contribution is -2.67. The van der Waals surface area contributed by atoms with E-state index in [0.29, 0.717) is 19.3 Å². The molecule has 8 rings (SSSR count). The molecule has 370 valence electrons. The molecule has 3 saturated heterocycles. The van der Waals surface area contributed by atoms with Crippen LogP contribution in [0.3, 0.4) is 0 Å². The van der Waals surface area contributed by atoms with Gasteiger partial charge in [-0.2, -0.15) is 0 Å². The van der Waals surface area contributed by atoms with Gasteiger partial charge in [0.2, 0.25) is 6.29 Å². The summed E-state index contributed by atoms with van der Waals surface area (Å²) >= 11 is 0. The molecule has 0 amide bonds. The van der Waals surface area contributed by atoms with Gasteiger partial charge in [0, 0.05) is 0 Å². The lowest BCUT2D eigenvalue weighted by Gasteiger charge is -2.71. The normalized spacial score (nSPS) is 52.7. The number of carbonyl (C=O) groups is 2. The Kier molecular flexibility index (Phi) is 13.1. The molecule has 10 N–H and O–H groups in total. The summed E-state index contributed by atoms with van der Waals surface area (Å²) in [5, 5.41) is 105. The van der Waals surface area contributed by atoms with Gasteiger partial charge < -0.3 is 79.5 Å². The molecule has 0 radical (unpaired) electrons. The highest BCUT2D eigenvalue weighted by Gasteiger charge is 2.70. The van der Waals surface area contributed by atoms with Crippen molar-refractivity contribution in [1.82, 2.24) is 0 Å². The number of aliphatic hydroxyl groups excluding tert-OH is 9. The molecule has 0 aromatic rings. The van der Waals surface area contributed by atoms with E-state index in [1.165, 1.54) is 5.57 Å². The van der Waals surface area contributed by atoms with Crippen LogP contribution in [0.4, 0.5) is 0 Å². The molecule has 7 fully saturated rings. The minimum atomic E-state index is -1.92. The van der Waals surface area contributed by atoms with Gasteiger partial charge in [0.1, 0.15) is 61.0 Å². The van der Waals surface area contributed by atoms with Crippen LogP contribution < -0.4 is 0 Å².